The van der Waals surface area contributed by atoms with Gasteiger partial charge >= 0.3 is 0 Å². The van der Waals surface area contributed by atoms with E-state index in [-0.39, 0.29) is 6.61 Å². The Morgan fingerprint density at radius 3 is 2.53 bits per heavy atom. The van der Waals surface area contributed by atoms with Gasteiger partial charge in [0.2, 0.25) is 5.95 Å². The van der Waals surface area contributed by atoms with Gasteiger partial charge < -0.3 is 15.4 Å². The fourth-order valence-corrected chi connectivity index (χ4v) is 3.97. The Morgan fingerprint density at radius 1 is 1.03 bits per heavy atom. The van der Waals surface area contributed by atoms with Crippen LogP contribution in [0.4, 0.5) is 5.95 Å². The number of rotatable bonds is 6. The van der Waals surface area contributed by atoms with E-state index in [2.05, 4.69) is 36.2 Å². The molecule has 0 aliphatic heterocycles. The largest absolute Gasteiger partial charge is 0.395 e. The van der Waals surface area contributed by atoms with Crippen molar-refractivity contribution in [3.05, 3.63) is 69.2 Å². The van der Waals surface area contributed by atoms with Crippen LogP contribution >= 0.6 is 39.1 Å². The molecule has 0 unspecified atom stereocenters. The number of nitrogens with zero attached hydrogens (tertiary/aromatic N) is 3. The minimum Gasteiger partial charge on any atom is -0.395 e. The van der Waals surface area contributed by atoms with Crippen molar-refractivity contribution in [3.8, 4) is 34.0 Å². The fraction of sp³-hybridized carbons (Fsp3) is 0.0952. The summed E-state index contributed by atoms with van der Waals surface area (Å²) in [7, 11) is 0. The van der Waals surface area contributed by atoms with Crippen LogP contribution in [0.2, 0.25) is 10.0 Å². The highest BCUT2D eigenvalue weighted by Crippen LogP contribution is 2.38. The van der Waals surface area contributed by atoms with Crippen molar-refractivity contribution >= 4 is 45.1 Å². The molecule has 9 heteroatoms. The lowest BCUT2D eigenvalue weighted by atomic mass is 10.1. The smallest absolute Gasteiger partial charge is 0.223 e. The second-order valence-electron chi connectivity index (χ2n) is 6.33. The summed E-state index contributed by atoms with van der Waals surface area (Å²) >= 11 is 16.3. The Labute approximate surface area is 191 Å². The molecule has 2 aromatic heterocycles. The molecule has 2 aromatic carbocycles. The molecule has 0 aliphatic rings. The molecule has 0 atom stereocenters. The number of aromatic amines is 1. The zero-order valence-electron chi connectivity index (χ0n) is 15.5. The molecular formula is C21H16BrCl2N5O. The summed E-state index contributed by atoms with van der Waals surface area (Å²) in [6.07, 6.45) is 1.65. The van der Waals surface area contributed by atoms with E-state index in [0.29, 0.717) is 51.0 Å². The summed E-state index contributed by atoms with van der Waals surface area (Å²) in [5.74, 6) is 0.952. The summed E-state index contributed by atoms with van der Waals surface area (Å²) in [6, 6.07) is 14.9. The van der Waals surface area contributed by atoms with Crippen LogP contribution in [0.5, 0.6) is 0 Å². The number of nitrogens with one attached hydrogen (secondary N) is 2. The second-order valence-corrected chi connectivity index (χ2v) is 8.06. The predicted octanol–water partition coefficient (Wildman–Crippen LogP) is 5.67. The van der Waals surface area contributed by atoms with Gasteiger partial charge in [0.15, 0.2) is 0 Å². The van der Waals surface area contributed by atoms with E-state index in [0.717, 1.165) is 10.0 Å². The number of benzene rings is 2. The zero-order valence-corrected chi connectivity index (χ0v) is 18.6. The van der Waals surface area contributed by atoms with Crippen LogP contribution in [0, 0.1) is 0 Å². The van der Waals surface area contributed by atoms with Crippen molar-refractivity contribution in [1.29, 1.82) is 0 Å². The standard InChI is InChI=1S/C21H16BrCl2N5O/c22-13-4-1-3-12(11-13)18-19(16-7-8-25-21(27-16)26-9-10-30)29-20(28-18)17-14(23)5-2-6-15(17)24/h1-8,11,30H,9-10H2,(H,28,29)(H,25,26,27). The van der Waals surface area contributed by atoms with Gasteiger partial charge in [0.05, 0.1) is 39.3 Å². The highest BCUT2D eigenvalue weighted by molar-refractivity contribution is 9.10. The first-order valence-electron chi connectivity index (χ1n) is 9.05. The Hall–Kier alpha value is -2.45. The molecule has 0 saturated carbocycles. The number of aromatic nitrogens is 4. The summed E-state index contributed by atoms with van der Waals surface area (Å²) < 4.78 is 0.930. The van der Waals surface area contributed by atoms with E-state index in [9.17, 15) is 0 Å². The number of hydrogen-bond acceptors (Lipinski definition) is 5. The summed E-state index contributed by atoms with van der Waals surface area (Å²) in [4.78, 5) is 16.9. The maximum Gasteiger partial charge on any atom is 0.223 e. The van der Waals surface area contributed by atoms with Crippen molar-refractivity contribution in [2.45, 2.75) is 0 Å². The number of anilines is 1. The van der Waals surface area contributed by atoms with E-state index in [1.54, 1.807) is 30.5 Å². The summed E-state index contributed by atoms with van der Waals surface area (Å²) in [5, 5.41) is 13.0. The topological polar surface area (TPSA) is 86.7 Å². The highest BCUT2D eigenvalue weighted by atomic mass is 79.9. The third-order valence-corrected chi connectivity index (χ3v) is 5.43. The van der Waals surface area contributed by atoms with Crippen LogP contribution in [0.15, 0.2) is 59.2 Å². The lowest BCUT2D eigenvalue weighted by Crippen LogP contribution is -2.08. The normalized spacial score (nSPS) is 10.9. The van der Waals surface area contributed by atoms with Gasteiger partial charge in [-0.15, -0.1) is 0 Å². The molecule has 0 spiro atoms. The molecule has 0 amide bonds. The van der Waals surface area contributed by atoms with Gasteiger partial charge in [-0.2, -0.15) is 0 Å². The number of imidazole rings is 1. The highest BCUT2D eigenvalue weighted by Gasteiger charge is 2.20. The molecule has 6 nitrogen and oxygen atoms in total. The number of aliphatic hydroxyl groups is 1. The number of halogens is 3. The maximum atomic E-state index is 9.05. The third kappa shape index (κ3) is 4.34. The number of H-pyrrole nitrogens is 1. The predicted molar refractivity (Wildman–Crippen MR) is 124 cm³/mol. The first kappa shape index (κ1) is 20.8. The molecular weight excluding hydrogens is 489 g/mol. The average Bonchev–Trinajstić information content (AvgIpc) is 3.17. The van der Waals surface area contributed by atoms with Gasteiger partial charge in [0, 0.05) is 22.8 Å². The van der Waals surface area contributed by atoms with Gasteiger partial charge in [-0.25, -0.2) is 15.0 Å². The molecule has 2 heterocycles. The first-order chi connectivity index (χ1) is 14.6. The van der Waals surface area contributed by atoms with Crippen molar-refractivity contribution in [1.82, 2.24) is 19.9 Å². The van der Waals surface area contributed by atoms with E-state index in [1.165, 1.54) is 0 Å². The Balaban J connectivity index is 1.90. The van der Waals surface area contributed by atoms with Crippen molar-refractivity contribution in [2.75, 3.05) is 18.5 Å². The lowest BCUT2D eigenvalue weighted by molar-refractivity contribution is 0.311. The van der Waals surface area contributed by atoms with Gasteiger partial charge in [-0.05, 0) is 30.3 Å². The van der Waals surface area contributed by atoms with Gasteiger partial charge in [-0.3, -0.25) is 0 Å². The quantitative estimate of drug-likeness (QED) is 0.314. The second kappa shape index (κ2) is 9.14. The first-order valence-corrected chi connectivity index (χ1v) is 10.6. The van der Waals surface area contributed by atoms with Crippen LogP contribution in [-0.4, -0.2) is 38.2 Å². The number of hydrogen-bond donors (Lipinski definition) is 3. The molecule has 0 aliphatic carbocycles. The fourth-order valence-electron chi connectivity index (χ4n) is 3.00. The molecule has 3 N–H and O–H groups in total. The summed E-state index contributed by atoms with van der Waals surface area (Å²) in [5.41, 5.74) is 3.56. The zero-order chi connectivity index (χ0) is 21.1. The van der Waals surface area contributed by atoms with E-state index < -0.39 is 0 Å². The van der Waals surface area contributed by atoms with Crippen LogP contribution in [0.3, 0.4) is 0 Å². The van der Waals surface area contributed by atoms with Gasteiger partial charge in [0.1, 0.15) is 5.82 Å². The van der Waals surface area contributed by atoms with Gasteiger partial charge in [0.25, 0.3) is 0 Å². The molecule has 0 saturated heterocycles. The average molecular weight is 505 g/mol. The molecule has 4 rings (SSSR count). The molecule has 0 fully saturated rings. The molecule has 0 bridgehead atoms. The molecule has 152 valence electrons. The van der Waals surface area contributed by atoms with E-state index in [1.807, 2.05) is 24.3 Å². The SMILES string of the molecule is OCCNc1nccc(-c2[nH]c(-c3c(Cl)cccc3Cl)nc2-c2cccc(Br)c2)n1. The minimum absolute atomic E-state index is 0.0178. The Kier molecular flexibility index (Phi) is 6.34. The Bertz CT molecular complexity index is 1180. The van der Waals surface area contributed by atoms with Crippen LogP contribution in [0.1, 0.15) is 0 Å². The lowest BCUT2D eigenvalue weighted by Gasteiger charge is -2.06. The van der Waals surface area contributed by atoms with Crippen molar-refractivity contribution < 1.29 is 5.11 Å². The summed E-state index contributed by atoms with van der Waals surface area (Å²) in [6.45, 7) is 0.335. The molecule has 4 aromatic rings. The molecule has 0 radical (unpaired) electrons. The van der Waals surface area contributed by atoms with E-state index >= 15 is 0 Å². The third-order valence-electron chi connectivity index (χ3n) is 4.31. The van der Waals surface area contributed by atoms with Gasteiger partial charge in [-0.1, -0.05) is 57.3 Å². The van der Waals surface area contributed by atoms with Crippen molar-refractivity contribution in [2.24, 2.45) is 0 Å². The Morgan fingerprint density at radius 2 is 1.80 bits per heavy atom. The van der Waals surface area contributed by atoms with Crippen LogP contribution in [0.25, 0.3) is 34.0 Å². The maximum absolute atomic E-state index is 9.05. The monoisotopic (exact) mass is 503 g/mol. The van der Waals surface area contributed by atoms with Crippen LogP contribution in [-0.2, 0) is 0 Å². The van der Waals surface area contributed by atoms with Crippen molar-refractivity contribution in [3.63, 3.8) is 0 Å². The van der Waals surface area contributed by atoms with E-state index in [4.69, 9.17) is 33.3 Å². The minimum atomic E-state index is -0.0178. The van der Waals surface area contributed by atoms with Crippen LogP contribution < -0.4 is 5.32 Å². The number of aliphatic hydroxyl groups excluding tert-OH is 1. The molecule has 30 heavy (non-hydrogen) atoms.